The summed E-state index contributed by atoms with van der Waals surface area (Å²) in [5.41, 5.74) is -1.60. The minimum Gasteiger partial charge on any atom is -0.465 e. The molecule has 0 amide bonds. The average molecular weight is 286 g/mol. The third-order valence-corrected chi connectivity index (χ3v) is 4.10. The van der Waals surface area contributed by atoms with Gasteiger partial charge in [0, 0.05) is 0 Å². The maximum absolute atomic E-state index is 11.3. The van der Waals surface area contributed by atoms with Crippen molar-refractivity contribution in [2.24, 2.45) is 0 Å². The predicted molar refractivity (Wildman–Crippen MR) is 74.7 cm³/mol. The normalized spacial score (nSPS) is 12.4. The van der Waals surface area contributed by atoms with Gasteiger partial charge < -0.3 is 19.5 Å². The Morgan fingerprint density at radius 1 is 1.37 bits per heavy atom. The van der Waals surface area contributed by atoms with Gasteiger partial charge in [0.25, 0.3) is 0 Å². The van der Waals surface area contributed by atoms with E-state index in [1.54, 1.807) is 33.1 Å². The summed E-state index contributed by atoms with van der Waals surface area (Å²) in [6.45, 7) is 6.58. The van der Waals surface area contributed by atoms with Crippen LogP contribution in [-0.4, -0.2) is 41.5 Å². The molecule has 1 heterocycles. The third-order valence-electron chi connectivity index (χ3n) is 3.17. The average Bonchev–Trinajstić information content (AvgIpc) is 2.75. The summed E-state index contributed by atoms with van der Waals surface area (Å²) in [7, 11) is 0.0857. The van der Waals surface area contributed by atoms with Crippen molar-refractivity contribution in [3.05, 3.63) is 16.3 Å². The van der Waals surface area contributed by atoms with Crippen LogP contribution in [0.15, 0.2) is 11.4 Å². The molecule has 0 unspecified atom stereocenters. The van der Waals surface area contributed by atoms with E-state index in [-0.39, 0.29) is 0 Å². The van der Waals surface area contributed by atoms with Gasteiger partial charge in [-0.1, -0.05) is 0 Å². The molecule has 0 radical (unpaired) electrons. The van der Waals surface area contributed by atoms with Gasteiger partial charge in [-0.15, -0.1) is 11.3 Å². The Bertz CT molecular complexity index is 449. The summed E-state index contributed by atoms with van der Waals surface area (Å²) in [5, 5.41) is 21.6. The molecule has 0 aromatic carbocycles. The van der Waals surface area contributed by atoms with E-state index in [0.717, 1.165) is 0 Å². The van der Waals surface area contributed by atoms with Crippen molar-refractivity contribution < 1.29 is 24.3 Å². The number of hydrogen-bond donors (Lipinski definition) is 2. The zero-order valence-electron chi connectivity index (χ0n) is 11.8. The van der Waals surface area contributed by atoms with Crippen LogP contribution in [0.5, 0.6) is 0 Å². The molecular formula is C12H19BO5S. The van der Waals surface area contributed by atoms with Crippen LogP contribution in [-0.2, 0) is 9.39 Å². The molecule has 0 saturated heterocycles. The SMILES string of the molecule is COC(=O)c1cc(B(O)OC(C)(C)C(C)(C)O)cs1. The Kier molecular flexibility index (Phi) is 4.79. The Morgan fingerprint density at radius 2 is 1.95 bits per heavy atom. The molecule has 1 aromatic rings. The Labute approximate surface area is 117 Å². The predicted octanol–water partition coefficient (Wildman–Crippen LogP) is 0.788. The van der Waals surface area contributed by atoms with Gasteiger partial charge in [-0.05, 0) is 44.6 Å². The fraction of sp³-hybridized carbons (Fsp3) is 0.583. The van der Waals surface area contributed by atoms with E-state index in [4.69, 9.17) is 4.65 Å². The zero-order valence-corrected chi connectivity index (χ0v) is 12.6. The second-order valence-corrected chi connectivity index (χ2v) is 6.19. The van der Waals surface area contributed by atoms with Crippen LogP contribution in [0.2, 0.25) is 0 Å². The minimum atomic E-state index is -1.21. The number of thiophene rings is 1. The summed E-state index contributed by atoms with van der Waals surface area (Å²) >= 11 is 1.17. The summed E-state index contributed by atoms with van der Waals surface area (Å²) in [4.78, 5) is 11.7. The van der Waals surface area contributed by atoms with E-state index in [2.05, 4.69) is 4.74 Å². The summed E-state index contributed by atoms with van der Waals surface area (Å²) < 4.78 is 10.1. The highest BCUT2D eigenvalue weighted by Gasteiger charge is 2.39. The molecule has 0 fully saturated rings. The molecule has 1 rings (SSSR count). The first-order chi connectivity index (χ1) is 8.58. The monoisotopic (exact) mass is 286 g/mol. The lowest BCUT2D eigenvalue weighted by Crippen LogP contribution is -2.52. The second kappa shape index (κ2) is 5.62. The molecule has 0 aliphatic rings. The van der Waals surface area contributed by atoms with Gasteiger partial charge in [0.15, 0.2) is 0 Å². The zero-order chi connectivity index (χ0) is 14.8. The Balaban J connectivity index is 2.82. The third kappa shape index (κ3) is 3.79. The first-order valence-electron chi connectivity index (χ1n) is 5.83. The van der Waals surface area contributed by atoms with Gasteiger partial charge >= 0.3 is 13.1 Å². The van der Waals surface area contributed by atoms with Crippen molar-refractivity contribution in [3.63, 3.8) is 0 Å². The number of rotatable bonds is 5. The molecule has 0 aliphatic carbocycles. The molecule has 19 heavy (non-hydrogen) atoms. The fourth-order valence-electron chi connectivity index (χ4n) is 1.18. The molecule has 5 nitrogen and oxygen atoms in total. The van der Waals surface area contributed by atoms with Gasteiger partial charge in [0.05, 0.1) is 18.3 Å². The van der Waals surface area contributed by atoms with Crippen LogP contribution in [0.1, 0.15) is 37.4 Å². The highest BCUT2D eigenvalue weighted by atomic mass is 32.1. The topological polar surface area (TPSA) is 76.0 Å². The van der Waals surface area contributed by atoms with Crippen LogP contribution < -0.4 is 5.46 Å². The van der Waals surface area contributed by atoms with Gasteiger partial charge in [-0.25, -0.2) is 4.79 Å². The van der Waals surface area contributed by atoms with E-state index in [1.807, 2.05) is 0 Å². The molecule has 0 aliphatic heterocycles. The summed E-state index contributed by atoms with van der Waals surface area (Å²) in [6.07, 6.45) is 0. The quantitative estimate of drug-likeness (QED) is 0.618. The summed E-state index contributed by atoms with van der Waals surface area (Å²) in [5.74, 6) is -0.454. The van der Waals surface area contributed by atoms with Gasteiger partial charge in [-0.2, -0.15) is 0 Å². The Hall–Kier alpha value is -0.885. The highest BCUT2D eigenvalue weighted by molar-refractivity contribution is 7.13. The van der Waals surface area contributed by atoms with E-state index in [1.165, 1.54) is 24.5 Å². The lowest BCUT2D eigenvalue weighted by Gasteiger charge is -2.38. The first-order valence-corrected chi connectivity index (χ1v) is 6.71. The van der Waals surface area contributed by atoms with Crippen LogP contribution >= 0.6 is 11.3 Å². The van der Waals surface area contributed by atoms with Gasteiger partial charge in [0.1, 0.15) is 4.88 Å². The maximum Gasteiger partial charge on any atom is 0.492 e. The Morgan fingerprint density at radius 3 is 2.42 bits per heavy atom. The van der Waals surface area contributed by atoms with E-state index in [9.17, 15) is 14.9 Å². The molecule has 2 N–H and O–H groups in total. The molecule has 0 saturated carbocycles. The first kappa shape index (κ1) is 16.2. The van der Waals surface area contributed by atoms with Crippen LogP contribution in [0.3, 0.4) is 0 Å². The number of methoxy groups -OCH3 is 1. The van der Waals surface area contributed by atoms with Crippen molar-refractivity contribution in [2.45, 2.75) is 38.9 Å². The van der Waals surface area contributed by atoms with Crippen LogP contribution in [0, 0.1) is 0 Å². The lowest BCUT2D eigenvalue weighted by molar-refractivity contribution is -0.0982. The van der Waals surface area contributed by atoms with E-state index >= 15 is 0 Å². The van der Waals surface area contributed by atoms with Crippen LogP contribution in [0.4, 0.5) is 0 Å². The standard InChI is InChI=1S/C12H19BO5S/c1-11(2,15)12(3,4)18-13(16)8-6-9(19-7-8)10(14)17-5/h6-7,15-16H,1-5H3. The van der Waals surface area contributed by atoms with Crippen molar-refractivity contribution in [3.8, 4) is 0 Å². The lowest BCUT2D eigenvalue weighted by atomic mass is 9.78. The van der Waals surface area contributed by atoms with Crippen molar-refractivity contribution in [1.29, 1.82) is 0 Å². The molecule has 106 valence electrons. The minimum absolute atomic E-state index is 0.390. The number of carbonyl (C=O) groups excluding carboxylic acids is 1. The van der Waals surface area contributed by atoms with Crippen molar-refractivity contribution in [1.82, 2.24) is 0 Å². The van der Waals surface area contributed by atoms with Crippen molar-refractivity contribution in [2.75, 3.05) is 7.11 Å². The largest absolute Gasteiger partial charge is 0.492 e. The highest BCUT2D eigenvalue weighted by Crippen LogP contribution is 2.25. The maximum atomic E-state index is 11.3. The van der Waals surface area contributed by atoms with Gasteiger partial charge in [-0.3, -0.25) is 0 Å². The van der Waals surface area contributed by atoms with E-state index in [0.29, 0.717) is 10.3 Å². The molecule has 0 spiro atoms. The number of hydrogen-bond acceptors (Lipinski definition) is 6. The smallest absolute Gasteiger partial charge is 0.465 e. The fourth-order valence-corrected chi connectivity index (χ4v) is 2.01. The number of carbonyl (C=O) groups is 1. The molecule has 7 heteroatoms. The number of ether oxygens (including phenoxy) is 1. The number of aliphatic hydroxyl groups is 1. The van der Waals surface area contributed by atoms with E-state index < -0.39 is 24.3 Å². The van der Waals surface area contributed by atoms with Crippen LogP contribution in [0.25, 0.3) is 0 Å². The molecule has 0 bridgehead atoms. The second-order valence-electron chi connectivity index (χ2n) is 5.28. The molecular weight excluding hydrogens is 267 g/mol. The molecule has 1 aromatic heterocycles. The number of esters is 1. The van der Waals surface area contributed by atoms with Gasteiger partial charge in [0.2, 0.25) is 0 Å². The van der Waals surface area contributed by atoms with Crippen molar-refractivity contribution >= 4 is 29.9 Å². The summed E-state index contributed by atoms with van der Waals surface area (Å²) in [6, 6.07) is 1.52. The molecule has 0 atom stereocenters.